The Morgan fingerprint density at radius 1 is 1.21 bits per heavy atom. The summed E-state index contributed by atoms with van der Waals surface area (Å²) in [5.74, 6) is -0.700. The van der Waals surface area contributed by atoms with Crippen molar-refractivity contribution in [1.29, 1.82) is 0 Å². The maximum absolute atomic E-state index is 13.9. The summed E-state index contributed by atoms with van der Waals surface area (Å²) in [5.41, 5.74) is 3.27. The molecule has 1 N–H and O–H groups in total. The Morgan fingerprint density at radius 2 is 2.00 bits per heavy atom. The average Bonchev–Trinajstić information content (AvgIpc) is 3.33. The molecule has 2 aromatic carbocycles. The molecule has 182 valence electrons. The molecule has 34 heavy (non-hydrogen) atoms. The van der Waals surface area contributed by atoms with Gasteiger partial charge in [-0.05, 0) is 74.6 Å². The van der Waals surface area contributed by atoms with Crippen LogP contribution in [0.25, 0.3) is 0 Å². The lowest BCUT2D eigenvalue weighted by Gasteiger charge is -2.41. The molecule has 2 atom stereocenters. The number of hydrogen-bond donors (Lipinski definition) is 1. The van der Waals surface area contributed by atoms with Gasteiger partial charge in [0.05, 0.1) is 0 Å². The summed E-state index contributed by atoms with van der Waals surface area (Å²) in [6.45, 7) is 9.13. The third kappa shape index (κ3) is 5.43. The van der Waals surface area contributed by atoms with Crippen molar-refractivity contribution < 1.29 is 18.7 Å². The summed E-state index contributed by atoms with van der Waals surface area (Å²) in [4.78, 5) is 29.7. The lowest BCUT2D eigenvalue weighted by atomic mass is 10.0. The predicted octanol–water partition coefficient (Wildman–Crippen LogP) is 4.56. The minimum atomic E-state index is -0.414. The molecule has 0 aromatic heterocycles. The second kappa shape index (κ2) is 10.4. The van der Waals surface area contributed by atoms with Gasteiger partial charge in [-0.1, -0.05) is 17.7 Å². The molecule has 2 aliphatic rings. The fraction of sp³-hybridized carbons (Fsp3) is 0.462. The number of benzene rings is 2. The molecule has 8 heteroatoms. The lowest BCUT2D eigenvalue weighted by molar-refractivity contribution is -0.145. The zero-order chi connectivity index (χ0) is 24.4. The molecule has 0 unspecified atom stereocenters. The van der Waals surface area contributed by atoms with Gasteiger partial charge < -0.3 is 15.0 Å². The lowest BCUT2D eigenvalue weighted by Crippen LogP contribution is -2.55. The molecule has 2 heterocycles. The fourth-order valence-electron chi connectivity index (χ4n) is 4.66. The maximum Gasteiger partial charge on any atom is 0.255 e. The third-order valence-corrected chi connectivity index (χ3v) is 6.97. The second-order valence-corrected chi connectivity index (χ2v) is 9.71. The van der Waals surface area contributed by atoms with E-state index in [1.54, 1.807) is 25.1 Å². The minimum absolute atomic E-state index is 0.0838. The average molecular weight is 488 g/mol. The van der Waals surface area contributed by atoms with E-state index >= 15 is 0 Å². The van der Waals surface area contributed by atoms with Crippen LogP contribution in [-0.2, 0) is 16.1 Å². The summed E-state index contributed by atoms with van der Waals surface area (Å²) < 4.78 is 19.5. The van der Waals surface area contributed by atoms with Crippen molar-refractivity contribution in [3.63, 3.8) is 0 Å². The first-order valence-electron chi connectivity index (χ1n) is 11.7. The number of aryl methyl sites for hydroxylation is 1. The van der Waals surface area contributed by atoms with Crippen molar-refractivity contribution in [2.75, 3.05) is 31.6 Å². The van der Waals surface area contributed by atoms with Gasteiger partial charge in [0, 0.05) is 55.1 Å². The molecule has 2 aromatic rings. The molecular weight excluding hydrogens is 457 g/mol. The number of piperazine rings is 1. The molecule has 2 amide bonds. The topological polar surface area (TPSA) is 61.9 Å². The highest BCUT2D eigenvalue weighted by Gasteiger charge is 2.34. The highest BCUT2D eigenvalue weighted by atomic mass is 35.5. The third-order valence-electron chi connectivity index (χ3n) is 6.76. The van der Waals surface area contributed by atoms with Gasteiger partial charge in [-0.25, -0.2) is 4.39 Å². The van der Waals surface area contributed by atoms with Gasteiger partial charge in [0.1, 0.15) is 11.9 Å². The van der Waals surface area contributed by atoms with Crippen molar-refractivity contribution in [2.45, 2.75) is 52.3 Å². The minimum Gasteiger partial charge on any atom is -0.368 e. The number of nitrogens with zero attached hydrogens (tertiary/aromatic N) is 2. The van der Waals surface area contributed by atoms with Crippen molar-refractivity contribution >= 4 is 29.1 Å². The van der Waals surface area contributed by atoms with Crippen LogP contribution in [0.3, 0.4) is 0 Å². The second-order valence-electron chi connectivity index (χ2n) is 9.27. The SMILES string of the molecule is Cc1ccc(C(=O)Nc2cc(Cl)cc(CN3CCN(C(=O)[C@@H]4CCCO4)[C@@H](C)C3)c2C)cc1F. The molecule has 0 bridgehead atoms. The first kappa shape index (κ1) is 24.6. The van der Waals surface area contributed by atoms with E-state index in [1.807, 2.05) is 17.9 Å². The quantitative estimate of drug-likeness (QED) is 0.671. The van der Waals surface area contributed by atoms with Gasteiger partial charge in [0.2, 0.25) is 0 Å². The van der Waals surface area contributed by atoms with Gasteiger partial charge in [-0.3, -0.25) is 14.5 Å². The Labute approximate surface area is 205 Å². The Bertz CT molecular complexity index is 1090. The first-order valence-corrected chi connectivity index (χ1v) is 12.1. The molecule has 0 spiro atoms. The molecule has 2 saturated heterocycles. The van der Waals surface area contributed by atoms with E-state index in [-0.39, 0.29) is 29.5 Å². The van der Waals surface area contributed by atoms with Crippen LogP contribution in [0.5, 0.6) is 0 Å². The Hall–Kier alpha value is -2.48. The monoisotopic (exact) mass is 487 g/mol. The largest absolute Gasteiger partial charge is 0.368 e. The van der Waals surface area contributed by atoms with E-state index < -0.39 is 5.82 Å². The molecule has 0 aliphatic carbocycles. The van der Waals surface area contributed by atoms with Crippen molar-refractivity contribution in [2.24, 2.45) is 0 Å². The number of hydrogen-bond acceptors (Lipinski definition) is 4. The number of nitrogens with one attached hydrogen (secondary N) is 1. The number of carbonyl (C=O) groups excluding carboxylic acids is 2. The number of amides is 2. The van der Waals surface area contributed by atoms with Gasteiger partial charge in [0.15, 0.2) is 0 Å². The molecule has 0 saturated carbocycles. The normalized spacial score (nSPS) is 21.0. The van der Waals surface area contributed by atoms with Crippen LogP contribution in [0.1, 0.15) is 46.8 Å². The van der Waals surface area contributed by atoms with Gasteiger partial charge in [-0.2, -0.15) is 0 Å². The molecule has 4 rings (SSSR count). The van der Waals surface area contributed by atoms with E-state index in [1.165, 1.54) is 6.07 Å². The van der Waals surface area contributed by atoms with Crippen LogP contribution in [0, 0.1) is 19.7 Å². The molecular formula is C26H31ClFN3O3. The standard InChI is InChI=1S/C26H31ClFN3O3/c1-16-6-7-19(12-22(16)28)25(32)29-23-13-21(27)11-20(18(23)3)15-30-8-9-31(17(2)14-30)26(33)24-5-4-10-34-24/h6-7,11-13,17,24H,4-5,8-10,14-15H2,1-3H3,(H,29,32)/t17-,24-/m0/s1. The van der Waals surface area contributed by atoms with E-state index in [9.17, 15) is 14.0 Å². The zero-order valence-electron chi connectivity index (χ0n) is 19.9. The van der Waals surface area contributed by atoms with Crippen molar-refractivity contribution in [3.05, 3.63) is 63.4 Å². The summed E-state index contributed by atoms with van der Waals surface area (Å²) in [7, 11) is 0. The van der Waals surface area contributed by atoms with Crippen LogP contribution in [0.4, 0.5) is 10.1 Å². The van der Waals surface area contributed by atoms with Crippen LogP contribution < -0.4 is 5.32 Å². The van der Waals surface area contributed by atoms with E-state index in [0.717, 1.165) is 37.1 Å². The first-order chi connectivity index (χ1) is 16.2. The summed E-state index contributed by atoms with van der Waals surface area (Å²) in [6, 6.07) is 8.14. The zero-order valence-corrected chi connectivity index (χ0v) is 20.6. The number of halogens is 2. The number of carbonyl (C=O) groups is 2. The van der Waals surface area contributed by atoms with Crippen LogP contribution in [0.2, 0.25) is 5.02 Å². The van der Waals surface area contributed by atoms with Crippen molar-refractivity contribution in [1.82, 2.24) is 9.80 Å². The number of ether oxygens (including phenoxy) is 1. The van der Waals surface area contributed by atoms with Crippen LogP contribution in [0.15, 0.2) is 30.3 Å². The highest BCUT2D eigenvalue weighted by molar-refractivity contribution is 6.31. The van der Waals surface area contributed by atoms with Crippen molar-refractivity contribution in [3.8, 4) is 0 Å². The molecule has 2 aliphatic heterocycles. The van der Waals surface area contributed by atoms with Gasteiger partial charge >= 0.3 is 0 Å². The summed E-state index contributed by atoms with van der Waals surface area (Å²) >= 11 is 6.38. The smallest absolute Gasteiger partial charge is 0.255 e. The Morgan fingerprint density at radius 3 is 2.68 bits per heavy atom. The molecule has 6 nitrogen and oxygen atoms in total. The van der Waals surface area contributed by atoms with Gasteiger partial charge in [-0.15, -0.1) is 0 Å². The molecule has 2 fully saturated rings. The Balaban J connectivity index is 1.43. The van der Waals surface area contributed by atoms with E-state index in [2.05, 4.69) is 17.1 Å². The number of anilines is 1. The van der Waals surface area contributed by atoms with Gasteiger partial charge in [0.25, 0.3) is 11.8 Å². The van der Waals surface area contributed by atoms with Crippen LogP contribution in [-0.4, -0.2) is 60.0 Å². The summed E-state index contributed by atoms with van der Waals surface area (Å²) in [5, 5.41) is 3.40. The van der Waals surface area contributed by atoms with E-state index in [4.69, 9.17) is 16.3 Å². The Kier molecular flexibility index (Phi) is 7.55. The predicted molar refractivity (Wildman–Crippen MR) is 131 cm³/mol. The van der Waals surface area contributed by atoms with E-state index in [0.29, 0.717) is 36.0 Å². The highest BCUT2D eigenvalue weighted by Crippen LogP contribution is 2.28. The molecule has 0 radical (unpaired) electrons. The summed E-state index contributed by atoms with van der Waals surface area (Å²) in [6.07, 6.45) is 1.45. The fourth-order valence-corrected chi connectivity index (χ4v) is 4.90. The number of rotatable bonds is 5. The van der Waals surface area contributed by atoms with Crippen LogP contribution >= 0.6 is 11.6 Å². The maximum atomic E-state index is 13.9.